The van der Waals surface area contributed by atoms with E-state index in [0.717, 1.165) is 20.2 Å². The number of hydrogen-bond acceptors (Lipinski definition) is 0. The van der Waals surface area contributed by atoms with Crippen LogP contribution in [-0.4, -0.2) is 29.2 Å². The molecule has 2 unspecified atom stereocenters. The van der Waals surface area contributed by atoms with E-state index in [2.05, 4.69) is 160 Å². The molecule has 48 heavy (non-hydrogen) atoms. The summed E-state index contributed by atoms with van der Waals surface area (Å²) in [4.78, 5) is 0. The van der Waals surface area contributed by atoms with Crippen molar-refractivity contribution < 1.29 is 0 Å². The maximum absolute atomic E-state index is 2.65. The molecule has 0 fully saturated rings. The van der Waals surface area contributed by atoms with Gasteiger partial charge in [-0.3, -0.25) is 0 Å². The minimum atomic E-state index is -1.73. The van der Waals surface area contributed by atoms with E-state index in [0.29, 0.717) is 35.5 Å². The van der Waals surface area contributed by atoms with Crippen molar-refractivity contribution in [2.75, 3.05) is 0 Å². The average molecular weight is 770 g/mol. The molecule has 0 saturated carbocycles. The van der Waals surface area contributed by atoms with Gasteiger partial charge in [-0.1, -0.05) is 0 Å². The zero-order valence-electron chi connectivity index (χ0n) is 34.0. The van der Waals surface area contributed by atoms with Gasteiger partial charge >= 0.3 is 311 Å². The summed E-state index contributed by atoms with van der Waals surface area (Å²) in [6.07, 6.45) is 1.37. The van der Waals surface area contributed by atoms with Crippen molar-refractivity contribution >= 4 is 32.8 Å². The summed E-state index contributed by atoms with van der Waals surface area (Å²) >= 11 is -1.09. The molecule has 0 N–H and O–H groups in total. The SMILES string of the molecule is CC(C)c1cc(C(C)C)c(-c2cccc3[c]2[Sn][CH]([Si](C(C)C)(C(C)C)C(C)C)CC(C)c2cc(C(C)C)cc(C(C)C)c2-3)c(C(C)C)c1. The molecule has 0 bridgehead atoms. The summed E-state index contributed by atoms with van der Waals surface area (Å²) < 4.78 is 2.69. The standard InChI is InChI=1S/C46H70Si.Sn/c1-28(2)39-24-41(30(5)6)45(42(25-39)31(7)8)37-19-18-20-38(23-37)46-43(32(9)10)26-40(29(3)4)27-44(46)36(17)21-22-47(33(11)12,34(13)14)35(15)16;/h18-20,22,24-36H,21H2,1-17H3;. The molecule has 2 heteroatoms. The van der Waals surface area contributed by atoms with Crippen molar-refractivity contribution in [3.8, 4) is 22.3 Å². The first-order chi connectivity index (χ1) is 22.4. The van der Waals surface area contributed by atoms with Crippen LogP contribution >= 0.6 is 0 Å². The third-order valence-electron chi connectivity index (χ3n) is 12.3. The summed E-state index contributed by atoms with van der Waals surface area (Å²) in [6.45, 7) is 42.4. The summed E-state index contributed by atoms with van der Waals surface area (Å²) in [5.41, 5.74) is 18.0. The molecule has 3 aromatic carbocycles. The number of fused-ring (bicyclic) bond motifs is 3. The minimum absolute atomic E-state index is 0.476. The molecule has 262 valence electrons. The average Bonchev–Trinajstić information content (AvgIpc) is 2.98. The van der Waals surface area contributed by atoms with E-state index in [4.69, 9.17) is 0 Å². The van der Waals surface area contributed by atoms with Crippen molar-refractivity contribution in [1.29, 1.82) is 0 Å². The summed E-state index contributed by atoms with van der Waals surface area (Å²) in [5.74, 6) is 3.07. The molecular weight excluding hydrogens is 699 g/mol. The van der Waals surface area contributed by atoms with Gasteiger partial charge in [0.2, 0.25) is 0 Å². The van der Waals surface area contributed by atoms with Crippen LogP contribution in [0.1, 0.15) is 193 Å². The molecule has 0 aromatic heterocycles. The first kappa shape index (κ1) is 39.5. The van der Waals surface area contributed by atoms with Gasteiger partial charge < -0.3 is 0 Å². The van der Waals surface area contributed by atoms with Crippen LogP contribution in [0.25, 0.3) is 22.3 Å². The fraction of sp³-hybridized carbons (Fsp3) is 0.609. The van der Waals surface area contributed by atoms with E-state index in [1.54, 1.807) is 48.1 Å². The first-order valence-corrected chi connectivity index (χ1v) is 25.0. The summed E-state index contributed by atoms with van der Waals surface area (Å²) in [6, 6.07) is 18.0. The predicted molar refractivity (Wildman–Crippen MR) is 221 cm³/mol. The Kier molecular flexibility index (Phi) is 12.7. The first-order valence-electron chi connectivity index (χ1n) is 19.6. The molecule has 3 aromatic rings. The fourth-order valence-corrected chi connectivity index (χ4v) is 33.4. The predicted octanol–water partition coefficient (Wildman–Crippen LogP) is 14.5. The molecular formula is C46H70SiSn. The second kappa shape index (κ2) is 15.5. The van der Waals surface area contributed by atoms with Gasteiger partial charge in [0.25, 0.3) is 0 Å². The molecule has 0 nitrogen and oxygen atoms in total. The third kappa shape index (κ3) is 7.22. The van der Waals surface area contributed by atoms with Gasteiger partial charge in [0.15, 0.2) is 0 Å². The molecule has 1 aliphatic heterocycles. The van der Waals surface area contributed by atoms with Crippen molar-refractivity contribution in [2.24, 2.45) is 0 Å². The van der Waals surface area contributed by atoms with Crippen LogP contribution in [0.3, 0.4) is 0 Å². The van der Waals surface area contributed by atoms with E-state index in [1.807, 2.05) is 0 Å². The Morgan fingerprint density at radius 1 is 0.542 bits per heavy atom. The van der Waals surface area contributed by atoms with E-state index < -0.39 is 29.2 Å². The second-order valence-corrected chi connectivity index (χ2v) is 30.0. The maximum atomic E-state index is 2.65. The zero-order valence-corrected chi connectivity index (χ0v) is 37.9. The Hall–Kier alpha value is -1.32. The Morgan fingerprint density at radius 2 is 0.938 bits per heavy atom. The molecule has 2 atom stereocenters. The third-order valence-corrected chi connectivity index (χ3v) is 29.0. The Bertz CT molecular complexity index is 1520. The zero-order chi connectivity index (χ0) is 36.0. The van der Waals surface area contributed by atoms with Crippen molar-refractivity contribution in [3.05, 3.63) is 75.8 Å². The molecule has 0 aliphatic carbocycles. The van der Waals surface area contributed by atoms with Crippen LogP contribution in [0, 0.1) is 0 Å². The number of benzene rings is 3. The number of rotatable bonds is 10. The van der Waals surface area contributed by atoms with Crippen LogP contribution in [0.2, 0.25) is 20.2 Å². The van der Waals surface area contributed by atoms with Crippen molar-refractivity contribution in [3.63, 3.8) is 0 Å². The summed E-state index contributed by atoms with van der Waals surface area (Å²) in [7, 11) is -1.73. The molecule has 1 heterocycles. The van der Waals surface area contributed by atoms with E-state index in [1.165, 1.54) is 17.5 Å². The van der Waals surface area contributed by atoms with Gasteiger partial charge in [-0.05, 0) is 0 Å². The van der Waals surface area contributed by atoms with E-state index >= 15 is 0 Å². The number of hydrogen-bond donors (Lipinski definition) is 0. The van der Waals surface area contributed by atoms with Crippen LogP contribution in [-0.2, 0) is 0 Å². The topological polar surface area (TPSA) is 0 Å². The summed E-state index contributed by atoms with van der Waals surface area (Å²) in [5, 5.41) is 0. The van der Waals surface area contributed by atoms with E-state index in [9.17, 15) is 0 Å². The molecule has 0 spiro atoms. The molecule has 4 rings (SSSR count). The van der Waals surface area contributed by atoms with Gasteiger partial charge in [0.1, 0.15) is 0 Å². The molecule has 1 aliphatic rings. The van der Waals surface area contributed by atoms with Gasteiger partial charge in [0.05, 0.1) is 0 Å². The van der Waals surface area contributed by atoms with Gasteiger partial charge in [-0.25, -0.2) is 0 Å². The molecule has 2 radical (unpaired) electrons. The van der Waals surface area contributed by atoms with Crippen LogP contribution in [0.15, 0.2) is 42.5 Å². The second-order valence-electron chi connectivity index (χ2n) is 17.9. The van der Waals surface area contributed by atoms with Gasteiger partial charge in [-0.15, -0.1) is 0 Å². The van der Waals surface area contributed by atoms with E-state index in [-0.39, 0.29) is 0 Å². The van der Waals surface area contributed by atoms with Gasteiger partial charge in [0, 0.05) is 0 Å². The van der Waals surface area contributed by atoms with Gasteiger partial charge in [-0.2, -0.15) is 0 Å². The Morgan fingerprint density at radius 3 is 1.33 bits per heavy atom. The Labute approximate surface area is 308 Å². The van der Waals surface area contributed by atoms with Crippen LogP contribution in [0.5, 0.6) is 0 Å². The fourth-order valence-electron chi connectivity index (χ4n) is 9.84. The molecule has 0 amide bonds. The van der Waals surface area contributed by atoms with Crippen LogP contribution < -0.4 is 3.58 Å². The van der Waals surface area contributed by atoms with Crippen molar-refractivity contribution in [1.82, 2.24) is 0 Å². The quantitative estimate of drug-likeness (QED) is 0.180. The molecule has 0 saturated heterocycles. The monoisotopic (exact) mass is 770 g/mol. The Balaban J connectivity index is 2.25. The van der Waals surface area contributed by atoms with Crippen LogP contribution in [0.4, 0.5) is 0 Å². The van der Waals surface area contributed by atoms with Crippen molar-refractivity contribution in [2.45, 2.75) is 180 Å². The normalized spacial score (nSPS) is 17.4.